The molecule has 2 aromatic rings. The van der Waals surface area contributed by atoms with Gasteiger partial charge in [-0.3, -0.25) is 10.1 Å². The van der Waals surface area contributed by atoms with Gasteiger partial charge in [0.2, 0.25) is 10.0 Å². The van der Waals surface area contributed by atoms with Crippen LogP contribution in [0, 0.1) is 13.8 Å². The number of aromatic amines is 1. The van der Waals surface area contributed by atoms with Gasteiger partial charge in [0, 0.05) is 13.3 Å². The highest BCUT2D eigenvalue weighted by atomic mass is 32.2. The molecule has 0 fully saturated rings. The third-order valence-corrected chi connectivity index (χ3v) is 4.74. The Bertz CT molecular complexity index is 678. The van der Waals surface area contributed by atoms with Crippen molar-refractivity contribution in [3.05, 3.63) is 41.5 Å². The van der Waals surface area contributed by atoms with Crippen LogP contribution in [-0.2, 0) is 14.8 Å². The second-order valence-corrected chi connectivity index (χ2v) is 6.30. The summed E-state index contributed by atoms with van der Waals surface area (Å²) >= 11 is 0. The number of aromatic nitrogens is 3. The molecule has 0 amide bonds. The van der Waals surface area contributed by atoms with E-state index in [0.29, 0.717) is 17.1 Å². The van der Waals surface area contributed by atoms with Gasteiger partial charge in [0.25, 0.3) is 0 Å². The molecule has 0 aliphatic rings. The van der Waals surface area contributed by atoms with Crippen LogP contribution in [0.5, 0.6) is 0 Å². The summed E-state index contributed by atoms with van der Waals surface area (Å²) in [5, 5.41) is 6.59. The molecule has 0 aromatic carbocycles. The Morgan fingerprint density at radius 1 is 1.38 bits per heavy atom. The van der Waals surface area contributed by atoms with Crippen LogP contribution in [0.4, 0.5) is 0 Å². The SMILES string of the molecule is COC[C@H](NS(=O)(=O)c1c(C)n[nH]c1C)c1ccccn1. The first-order chi connectivity index (χ1) is 9.95. The molecule has 2 heterocycles. The number of sulfonamides is 1. The van der Waals surface area contributed by atoms with Crippen molar-refractivity contribution in [2.24, 2.45) is 0 Å². The lowest BCUT2D eigenvalue weighted by Crippen LogP contribution is -2.32. The molecule has 7 nitrogen and oxygen atoms in total. The zero-order chi connectivity index (χ0) is 15.5. The normalized spacial score (nSPS) is 13.3. The molecular formula is C13H18N4O3S. The average molecular weight is 310 g/mol. The molecule has 0 aliphatic heterocycles. The van der Waals surface area contributed by atoms with Crippen molar-refractivity contribution in [1.29, 1.82) is 0 Å². The van der Waals surface area contributed by atoms with E-state index in [9.17, 15) is 8.42 Å². The summed E-state index contributed by atoms with van der Waals surface area (Å²) in [6.07, 6.45) is 1.61. The number of aryl methyl sites for hydroxylation is 2. The number of pyridine rings is 1. The fraction of sp³-hybridized carbons (Fsp3) is 0.385. The summed E-state index contributed by atoms with van der Waals surface area (Å²) in [5.41, 5.74) is 1.52. The summed E-state index contributed by atoms with van der Waals surface area (Å²) in [6.45, 7) is 3.50. The fourth-order valence-corrected chi connectivity index (χ4v) is 3.68. The van der Waals surface area contributed by atoms with E-state index in [1.54, 1.807) is 38.2 Å². The quantitative estimate of drug-likeness (QED) is 0.832. The molecule has 2 rings (SSSR count). The third-order valence-electron chi connectivity index (χ3n) is 3.00. The maximum absolute atomic E-state index is 12.5. The molecule has 0 saturated heterocycles. The number of ether oxygens (including phenoxy) is 1. The molecule has 0 spiro atoms. The lowest BCUT2D eigenvalue weighted by Gasteiger charge is -2.17. The monoisotopic (exact) mass is 310 g/mol. The first kappa shape index (κ1) is 15.6. The van der Waals surface area contributed by atoms with E-state index in [1.807, 2.05) is 0 Å². The van der Waals surface area contributed by atoms with E-state index in [4.69, 9.17) is 4.74 Å². The Morgan fingerprint density at radius 2 is 2.14 bits per heavy atom. The molecule has 1 atom stereocenters. The fourth-order valence-electron chi connectivity index (χ4n) is 2.11. The highest BCUT2D eigenvalue weighted by Gasteiger charge is 2.26. The number of methoxy groups -OCH3 is 1. The summed E-state index contributed by atoms with van der Waals surface area (Å²) < 4.78 is 32.8. The first-order valence-electron chi connectivity index (χ1n) is 6.39. The average Bonchev–Trinajstić information content (AvgIpc) is 2.79. The minimum atomic E-state index is -3.71. The van der Waals surface area contributed by atoms with E-state index in [-0.39, 0.29) is 11.5 Å². The van der Waals surface area contributed by atoms with Gasteiger partial charge >= 0.3 is 0 Å². The zero-order valence-corrected chi connectivity index (χ0v) is 12.9. The van der Waals surface area contributed by atoms with Crippen LogP contribution in [0.3, 0.4) is 0 Å². The van der Waals surface area contributed by atoms with Crippen LogP contribution >= 0.6 is 0 Å². The minimum absolute atomic E-state index is 0.166. The summed E-state index contributed by atoms with van der Waals surface area (Å²) in [7, 11) is -2.20. The molecule has 2 aromatic heterocycles. The summed E-state index contributed by atoms with van der Waals surface area (Å²) in [4.78, 5) is 4.34. The maximum Gasteiger partial charge on any atom is 0.244 e. The van der Waals surface area contributed by atoms with E-state index in [2.05, 4.69) is 19.9 Å². The second kappa shape index (κ2) is 6.33. The number of rotatable bonds is 6. The molecule has 0 saturated carbocycles. The van der Waals surface area contributed by atoms with Crippen LogP contribution in [0.2, 0.25) is 0 Å². The van der Waals surface area contributed by atoms with Crippen molar-refractivity contribution in [3.8, 4) is 0 Å². The number of H-pyrrole nitrogens is 1. The van der Waals surface area contributed by atoms with Gasteiger partial charge in [0.05, 0.1) is 29.7 Å². The van der Waals surface area contributed by atoms with Crippen LogP contribution in [0.15, 0.2) is 29.3 Å². The first-order valence-corrected chi connectivity index (χ1v) is 7.87. The molecular weight excluding hydrogens is 292 g/mol. The standard InChI is InChI=1S/C13H18N4O3S/c1-9-13(10(2)16-15-9)21(18,19)17-12(8-20-3)11-6-4-5-7-14-11/h4-7,12,17H,8H2,1-3H3,(H,15,16)/t12-/m0/s1. The molecule has 8 heteroatoms. The van der Waals surface area contributed by atoms with Crippen molar-refractivity contribution < 1.29 is 13.2 Å². The highest BCUT2D eigenvalue weighted by molar-refractivity contribution is 7.89. The zero-order valence-electron chi connectivity index (χ0n) is 12.1. The Balaban J connectivity index is 2.33. The maximum atomic E-state index is 12.5. The Morgan fingerprint density at radius 3 is 2.67 bits per heavy atom. The topological polar surface area (TPSA) is 97.0 Å². The number of nitrogens with zero attached hydrogens (tertiary/aromatic N) is 2. The summed E-state index contributed by atoms with van der Waals surface area (Å²) in [6, 6.07) is 4.76. The molecule has 0 unspecified atom stereocenters. The van der Waals surface area contributed by atoms with E-state index in [0.717, 1.165) is 0 Å². The van der Waals surface area contributed by atoms with Gasteiger partial charge < -0.3 is 4.74 Å². The van der Waals surface area contributed by atoms with Gasteiger partial charge in [0.15, 0.2) is 0 Å². The van der Waals surface area contributed by atoms with Gasteiger partial charge in [-0.2, -0.15) is 9.82 Å². The Hall–Kier alpha value is -1.77. The van der Waals surface area contributed by atoms with Gasteiger partial charge in [-0.05, 0) is 26.0 Å². The van der Waals surface area contributed by atoms with Gasteiger partial charge in [0.1, 0.15) is 4.90 Å². The van der Waals surface area contributed by atoms with E-state index < -0.39 is 16.1 Å². The molecule has 0 radical (unpaired) electrons. The molecule has 2 N–H and O–H groups in total. The van der Waals surface area contributed by atoms with Crippen molar-refractivity contribution in [1.82, 2.24) is 19.9 Å². The van der Waals surface area contributed by atoms with Crippen molar-refractivity contribution in [2.75, 3.05) is 13.7 Å². The number of nitrogens with one attached hydrogen (secondary N) is 2. The minimum Gasteiger partial charge on any atom is -0.383 e. The second-order valence-electron chi connectivity index (χ2n) is 4.65. The lowest BCUT2D eigenvalue weighted by atomic mass is 10.2. The predicted molar refractivity (Wildman–Crippen MR) is 77.2 cm³/mol. The van der Waals surface area contributed by atoms with E-state index in [1.165, 1.54) is 7.11 Å². The van der Waals surface area contributed by atoms with Gasteiger partial charge in [-0.1, -0.05) is 6.07 Å². The van der Waals surface area contributed by atoms with Crippen LogP contribution < -0.4 is 4.72 Å². The Kier molecular flexibility index (Phi) is 4.71. The van der Waals surface area contributed by atoms with Crippen molar-refractivity contribution in [3.63, 3.8) is 0 Å². The number of hydrogen-bond donors (Lipinski definition) is 2. The van der Waals surface area contributed by atoms with Crippen LogP contribution in [0.25, 0.3) is 0 Å². The third kappa shape index (κ3) is 3.46. The highest BCUT2D eigenvalue weighted by Crippen LogP contribution is 2.20. The van der Waals surface area contributed by atoms with Crippen LogP contribution in [-0.4, -0.2) is 37.3 Å². The van der Waals surface area contributed by atoms with Gasteiger partial charge in [-0.25, -0.2) is 8.42 Å². The predicted octanol–water partition coefficient (Wildman–Crippen LogP) is 1.09. The lowest BCUT2D eigenvalue weighted by molar-refractivity contribution is 0.174. The molecule has 114 valence electrons. The molecule has 0 bridgehead atoms. The largest absolute Gasteiger partial charge is 0.383 e. The smallest absolute Gasteiger partial charge is 0.244 e. The molecule has 0 aliphatic carbocycles. The van der Waals surface area contributed by atoms with Crippen molar-refractivity contribution in [2.45, 2.75) is 24.8 Å². The summed E-state index contributed by atoms with van der Waals surface area (Å²) in [5.74, 6) is 0. The number of hydrogen-bond acceptors (Lipinski definition) is 5. The van der Waals surface area contributed by atoms with Crippen molar-refractivity contribution >= 4 is 10.0 Å². The van der Waals surface area contributed by atoms with Gasteiger partial charge in [-0.15, -0.1) is 0 Å². The van der Waals surface area contributed by atoms with E-state index >= 15 is 0 Å². The Labute approximate surface area is 123 Å². The van der Waals surface area contributed by atoms with Crippen LogP contribution in [0.1, 0.15) is 23.1 Å². The molecule has 21 heavy (non-hydrogen) atoms.